The van der Waals surface area contributed by atoms with Crippen LogP contribution in [0.25, 0.3) is 0 Å². The maximum atomic E-state index is 5.30. The quantitative estimate of drug-likeness (QED) is 0.446. The van der Waals surface area contributed by atoms with Crippen molar-refractivity contribution in [1.29, 1.82) is 0 Å². The SMILES string of the molecule is CC1(C)C(N=C(N)N)C1(C)C.CO[Si](OC)OC. The lowest BCUT2D eigenvalue weighted by Gasteiger charge is -2.02. The second kappa shape index (κ2) is 6.51. The van der Waals surface area contributed by atoms with Crippen molar-refractivity contribution in [3.8, 4) is 0 Å². The molecular weight excluding hydrogens is 250 g/mol. The lowest BCUT2D eigenvalue weighted by atomic mass is 10.0. The highest BCUT2D eigenvalue weighted by atomic mass is 28.3. The maximum absolute atomic E-state index is 5.30. The summed E-state index contributed by atoms with van der Waals surface area (Å²) in [6.45, 7) is 8.74. The first-order valence-corrected chi connectivity index (χ1v) is 6.95. The molecule has 0 aromatic heterocycles. The van der Waals surface area contributed by atoms with E-state index in [9.17, 15) is 0 Å². The molecule has 0 heterocycles. The van der Waals surface area contributed by atoms with Crippen molar-refractivity contribution in [2.75, 3.05) is 21.3 Å². The lowest BCUT2D eigenvalue weighted by Crippen LogP contribution is -2.24. The predicted octanol–water partition coefficient (Wildman–Crippen LogP) is 0.605. The van der Waals surface area contributed by atoms with E-state index in [2.05, 4.69) is 32.7 Å². The van der Waals surface area contributed by atoms with Crippen molar-refractivity contribution in [3.05, 3.63) is 0 Å². The van der Waals surface area contributed by atoms with Gasteiger partial charge in [-0.25, -0.2) is 4.99 Å². The minimum absolute atomic E-state index is 0.202. The van der Waals surface area contributed by atoms with Gasteiger partial charge in [-0.2, -0.15) is 0 Å². The Morgan fingerprint density at radius 2 is 1.28 bits per heavy atom. The van der Waals surface area contributed by atoms with Gasteiger partial charge in [-0.05, 0) is 10.8 Å². The highest BCUT2D eigenvalue weighted by Crippen LogP contribution is 2.64. The molecule has 1 rings (SSSR count). The first-order valence-electron chi connectivity index (χ1n) is 5.72. The molecule has 4 N–H and O–H groups in total. The standard InChI is InChI=1S/C8H17N3.C3H9O3Si/c1-7(2)5(8(7,3)4)11-6(9)10;1-4-7(5-2)6-3/h5H,1-4H3,(H4,9,10,11);1-3H3. The Hall–Kier alpha value is -0.633. The minimum Gasteiger partial charge on any atom is -0.375 e. The van der Waals surface area contributed by atoms with E-state index in [0.717, 1.165) is 0 Å². The molecule has 18 heavy (non-hydrogen) atoms. The Labute approximate surface area is 112 Å². The fourth-order valence-electron chi connectivity index (χ4n) is 1.88. The summed E-state index contributed by atoms with van der Waals surface area (Å²) in [4.78, 5) is 4.17. The molecule has 1 fully saturated rings. The van der Waals surface area contributed by atoms with Crippen LogP contribution < -0.4 is 11.5 Å². The molecule has 0 bridgehead atoms. The van der Waals surface area contributed by atoms with Gasteiger partial charge in [0, 0.05) is 21.3 Å². The monoisotopic (exact) mass is 276 g/mol. The Kier molecular flexibility index (Phi) is 6.28. The highest BCUT2D eigenvalue weighted by molar-refractivity contribution is 6.36. The summed E-state index contributed by atoms with van der Waals surface area (Å²) in [5, 5.41) is 0. The largest absolute Gasteiger partial charge is 0.576 e. The van der Waals surface area contributed by atoms with Gasteiger partial charge in [-0.1, -0.05) is 27.7 Å². The van der Waals surface area contributed by atoms with E-state index in [1.807, 2.05) is 0 Å². The van der Waals surface area contributed by atoms with Gasteiger partial charge in [-0.3, -0.25) is 0 Å². The summed E-state index contributed by atoms with van der Waals surface area (Å²) >= 11 is 0. The molecule has 0 aromatic rings. The molecule has 0 aromatic carbocycles. The van der Waals surface area contributed by atoms with Gasteiger partial charge in [0.15, 0.2) is 5.96 Å². The molecule has 0 unspecified atom stereocenters. The zero-order chi connectivity index (χ0) is 14.6. The number of hydrogen-bond acceptors (Lipinski definition) is 4. The molecule has 1 radical (unpaired) electrons. The number of hydrogen-bond donors (Lipinski definition) is 2. The summed E-state index contributed by atoms with van der Waals surface area (Å²) in [5.74, 6) is 0.202. The average Bonchev–Trinajstić information content (AvgIpc) is 2.64. The highest BCUT2D eigenvalue weighted by Gasteiger charge is 2.65. The summed E-state index contributed by atoms with van der Waals surface area (Å²) in [7, 11) is 3.31. The van der Waals surface area contributed by atoms with Gasteiger partial charge in [0.25, 0.3) is 0 Å². The van der Waals surface area contributed by atoms with Crippen LogP contribution in [-0.4, -0.2) is 42.9 Å². The van der Waals surface area contributed by atoms with E-state index in [-0.39, 0.29) is 16.8 Å². The number of nitrogens with zero attached hydrogens (tertiary/aromatic N) is 1. The molecule has 0 aliphatic heterocycles. The molecular formula is C11H26N3O3Si. The number of aliphatic imine (C=N–C) groups is 1. The van der Waals surface area contributed by atoms with Crippen LogP contribution in [0.2, 0.25) is 0 Å². The van der Waals surface area contributed by atoms with Crippen molar-refractivity contribution in [1.82, 2.24) is 0 Å². The van der Waals surface area contributed by atoms with Crippen LogP contribution in [0.5, 0.6) is 0 Å². The summed E-state index contributed by atoms with van der Waals surface area (Å²) in [5.41, 5.74) is 11.1. The maximum Gasteiger partial charge on any atom is 0.576 e. The van der Waals surface area contributed by atoms with Crippen LogP contribution in [0.1, 0.15) is 27.7 Å². The van der Waals surface area contributed by atoms with Crippen molar-refractivity contribution in [2.45, 2.75) is 33.7 Å². The smallest absolute Gasteiger partial charge is 0.375 e. The summed E-state index contributed by atoms with van der Waals surface area (Å²) in [6, 6.07) is 0.292. The molecule has 6 nitrogen and oxygen atoms in total. The average molecular weight is 276 g/mol. The molecule has 0 saturated heterocycles. The zero-order valence-corrected chi connectivity index (χ0v) is 13.4. The van der Waals surface area contributed by atoms with E-state index in [1.54, 1.807) is 21.3 Å². The van der Waals surface area contributed by atoms with Gasteiger partial charge in [0.1, 0.15) is 0 Å². The number of guanidine groups is 1. The van der Waals surface area contributed by atoms with Crippen LogP contribution in [0.3, 0.4) is 0 Å². The fraction of sp³-hybridized carbons (Fsp3) is 0.909. The topological polar surface area (TPSA) is 92.1 Å². The van der Waals surface area contributed by atoms with Crippen LogP contribution in [-0.2, 0) is 13.3 Å². The number of nitrogens with two attached hydrogens (primary N) is 2. The molecule has 1 saturated carbocycles. The van der Waals surface area contributed by atoms with Gasteiger partial charge in [-0.15, -0.1) is 0 Å². The van der Waals surface area contributed by atoms with E-state index < -0.39 is 9.53 Å². The van der Waals surface area contributed by atoms with Crippen molar-refractivity contribution in [2.24, 2.45) is 27.3 Å². The van der Waals surface area contributed by atoms with Gasteiger partial charge in [0.05, 0.1) is 6.04 Å². The second-order valence-corrected chi connectivity index (χ2v) is 6.99. The van der Waals surface area contributed by atoms with Crippen LogP contribution in [0.15, 0.2) is 4.99 Å². The molecule has 7 heteroatoms. The van der Waals surface area contributed by atoms with Crippen LogP contribution in [0, 0.1) is 10.8 Å². The van der Waals surface area contributed by atoms with E-state index >= 15 is 0 Å². The first-order chi connectivity index (χ1) is 8.14. The molecule has 1 aliphatic rings. The third-order valence-electron chi connectivity index (χ3n) is 3.72. The Bertz CT molecular complexity index is 268. The van der Waals surface area contributed by atoms with Gasteiger partial charge in [0.2, 0.25) is 0 Å². The predicted molar refractivity (Wildman–Crippen MR) is 73.9 cm³/mol. The molecule has 107 valence electrons. The Morgan fingerprint density at radius 3 is 1.33 bits per heavy atom. The third-order valence-corrected chi connectivity index (χ3v) is 4.72. The molecule has 0 amide bonds. The Morgan fingerprint density at radius 1 is 0.944 bits per heavy atom. The molecule has 0 atom stereocenters. The van der Waals surface area contributed by atoms with Crippen molar-refractivity contribution < 1.29 is 13.3 Å². The number of rotatable bonds is 4. The van der Waals surface area contributed by atoms with E-state index in [4.69, 9.17) is 24.7 Å². The van der Waals surface area contributed by atoms with Crippen LogP contribution in [0.4, 0.5) is 0 Å². The van der Waals surface area contributed by atoms with Crippen molar-refractivity contribution in [3.63, 3.8) is 0 Å². The summed E-state index contributed by atoms with van der Waals surface area (Å²) < 4.78 is 14.1. The fourth-order valence-corrected chi connectivity index (χ4v) is 2.38. The van der Waals surface area contributed by atoms with Gasteiger partial charge < -0.3 is 24.7 Å². The third kappa shape index (κ3) is 3.94. The van der Waals surface area contributed by atoms with Crippen LogP contribution >= 0.6 is 0 Å². The lowest BCUT2D eigenvalue weighted by molar-refractivity contribution is 0.163. The Balaban J connectivity index is 0.000000360. The second-order valence-electron chi connectivity index (χ2n) is 5.26. The molecule has 1 aliphatic carbocycles. The van der Waals surface area contributed by atoms with Crippen molar-refractivity contribution >= 4 is 15.5 Å². The first kappa shape index (κ1) is 17.4. The van der Waals surface area contributed by atoms with Gasteiger partial charge >= 0.3 is 9.53 Å². The molecule has 0 spiro atoms. The zero-order valence-electron chi connectivity index (χ0n) is 12.4. The summed E-state index contributed by atoms with van der Waals surface area (Å²) in [6.07, 6.45) is 0. The minimum atomic E-state index is -1.36. The normalized spacial score (nSPS) is 20.0. The van der Waals surface area contributed by atoms with E-state index in [0.29, 0.717) is 6.04 Å². The van der Waals surface area contributed by atoms with E-state index in [1.165, 1.54) is 0 Å².